The van der Waals surface area contributed by atoms with Crippen LogP contribution in [0.2, 0.25) is 0 Å². The van der Waals surface area contributed by atoms with Gasteiger partial charge in [0.15, 0.2) is 0 Å². The molecule has 0 aliphatic rings. The van der Waals surface area contributed by atoms with Gasteiger partial charge in [-0.2, -0.15) is 0 Å². The van der Waals surface area contributed by atoms with E-state index in [4.69, 9.17) is 4.74 Å². The lowest BCUT2D eigenvalue weighted by Gasteiger charge is -2.31. The van der Waals surface area contributed by atoms with E-state index in [1.165, 1.54) is 51.4 Å². The Balaban J connectivity index is 4.49. The summed E-state index contributed by atoms with van der Waals surface area (Å²) in [5, 5.41) is 0. The van der Waals surface area contributed by atoms with Crippen molar-refractivity contribution in [3.63, 3.8) is 0 Å². The first kappa shape index (κ1) is 20.0. The van der Waals surface area contributed by atoms with Gasteiger partial charge in [-0.1, -0.05) is 73.1 Å². The van der Waals surface area contributed by atoms with Gasteiger partial charge in [-0.15, -0.1) is 0 Å². The second kappa shape index (κ2) is 12.7. The number of hydrogen-bond acceptors (Lipinski definition) is 1. The minimum absolute atomic E-state index is 0.758. The van der Waals surface area contributed by atoms with Gasteiger partial charge in [0, 0.05) is 13.7 Å². The molecule has 122 valence electrons. The van der Waals surface area contributed by atoms with E-state index in [0.717, 1.165) is 30.3 Å². The summed E-state index contributed by atoms with van der Waals surface area (Å²) in [7, 11) is 1.86. The van der Waals surface area contributed by atoms with Crippen LogP contribution in [0.4, 0.5) is 0 Å². The smallest absolute Gasteiger partial charge is 0.0493 e. The second-order valence-electron chi connectivity index (χ2n) is 6.86. The van der Waals surface area contributed by atoms with E-state index in [1.54, 1.807) is 0 Å². The molecule has 20 heavy (non-hydrogen) atoms. The third-order valence-electron chi connectivity index (χ3n) is 5.18. The minimum atomic E-state index is 0.758. The number of methoxy groups -OCH3 is 1. The molecule has 1 heteroatoms. The third kappa shape index (κ3) is 8.29. The molecular weight excluding hydrogens is 244 g/mol. The van der Waals surface area contributed by atoms with Gasteiger partial charge in [0.2, 0.25) is 0 Å². The van der Waals surface area contributed by atoms with Crippen LogP contribution in [0.5, 0.6) is 0 Å². The highest BCUT2D eigenvalue weighted by molar-refractivity contribution is 4.75. The van der Waals surface area contributed by atoms with Crippen LogP contribution < -0.4 is 0 Å². The van der Waals surface area contributed by atoms with Crippen molar-refractivity contribution in [1.82, 2.24) is 0 Å². The fourth-order valence-corrected chi connectivity index (χ4v) is 3.31. The lowest BCUT2D eigenvalue weighted by Crippen LogP contribution is -2.25. The van der Waals surface area contributed by atoms with Crippen molar-refractivity contribution >= 4 is 0 Å². The largest absolute Gasteiger partial charge is 0.384 e. The summed E-state index contributed by atoms with van der Waals surface area (Å²) in [6.45, 7) is 12.8. The van der Waals surface area contributed by atoms with Gasteiger partial charge >= 0.3 is 0 Å². The first-order valence-corrected chi connectivity index (χ1v) is 9.09. The second-order valence-corrected chi connectivity index (χ2v) is 6.86. The van der Waals surface area contributed by atoms with Gasteiger partial charge in [0.25, 0.3) is 0 Å². The van der Waals surface area contributed by atoms with Crippen LogP contribution in [0, 0.1) is 23.7 Å². The van der Waals surface area contributed by atoms with Crippen molar-refractivity contribution in [3.05, 3.63) is 0 Å². The van der Waals surface area contributed by atoms with Crippen molar-refractivity contribution in [2.75, 3.05) is 13.7 Å². The van der Waals surface area contributed by atoms with E-state index >= 15 is 0 Å². The van der Waals surface area contributed by atoms with E-state index in [-0.39, 0.29) is 0 Å². The van der Waals surface area contributed by atoms with E-state index in [0.29, 0.717) is 0 Å². The van der Waals surface area contributed by atoms with Gasteiger partial charge in [0.05, 0.1) is 0 Å². The molecule has 0 bridgehead atoms. The van der Waals surface area contributed by atoms with Crippen LogP contribution in [0.25, 0.3) is 0 Å². The van der Waals surface area contributed by atoms with E-state index in [2.05, 4.69) is 34.6 Å². The highest BCUT2D eigenvalue weighted by Gasteiger charge is 2.25. The van der Waals surface area contributed by atoms with E-state index in [1.807, 2.05) is 7.11 Å². The number of ether oxygens (including phenoxy) is 1. The fraction of sp³-hybridized carbons (Fsp3) is 1.00. The molecule has 0 heterocycles. The molecule has 0 fully saturated rings. The summed E-state index contributed by atoms with van der Waals surface area (Å²) in [4.78, 5) is 0. The van der Waals surface area contributed by atoms with Crippen LogP contribution in [0.1, 0.15) is 86.0 Å². The van der Waals surface area contributed by atoms with Crippen molar-refractivity contribution in [2.45, 2.75) is 86.0 Å². The predicted octanol–water partition coefficient (Wildman–Crippen LogP) is 6.32. The summed E-state index contributed by atoms with van der Waals surface area (Å²) >= 11 is 0. The molecule has 0 spiro atoms. The molecule has 0 saturated heterocycles. The van der Waals surface area contributed by atoms with Crippen molar-refractivity contribution in [3.8, 4) is 0 Å². The van der Waals surface area contributed by atoms with Crippen LogP contribution in [-0.2, 0) is 4.74 Å². The molecule has 0 aromatic rings. The Morgan fingerprint density at radius 1 is 0.800 bits per heavy atom. The maximum atomic E-state index is 5.50. The first-order valence-electron chi connectivity index (χ1n) is 9.09. The molecule has 0 aromatic carbocycles. The average Bonchev–Trinajstić information content (AvgIpc) is 2.46. The quantitative estimate of drug-likeness (QED) is 0.384. The molecular formula is C19H40O. The Bertz CT molecular complexity index is 202. The highest BCUT2D eigenvalue weighted by Crippen LogP contribution is 2.33. The molecule has 0 saturated carbocycles. The number of unbranched alkanes of at least 4 members (excludes halogenated alkanes) is 1. The summed E-state index contributed by atoms with van der Waals surface area (Å²) in [6.07, 6.45) is 10.8. The first-order chi connectivity index (χ1) is 9.60. The summed E-state index contributed by atoms with van der Waals surface area (Å²) in [5.41, 5.74) is 0. The Kier molecular flexibility index (Phi) is 12.7. The van der Waals surface area contributed by atoms with Gasteiger partial charge in [0.1, 0.15) is 0 Å². The van der Waals surface area contributed by atoms with Gasteiger partial charge in [-0.25, -0.2) is 0 Å². The van der Waals surface area contributed by atoms with Gasteiger partial charge < -0.3 is 4.74 Å². The zero-order valence-electron chi connectivity index (χ0n) is 15.1. The van der Waals surface area contributed by atoms with Crippen LogP contribution >= 0.6 is 0 Å². The monoisotopic (exact) mass is 284 g/mol. The summed E-state index contributed by atoms with van der Waals surface area (Å²) in [5.74, 6) is 3.35. The molecule has 0 aromatic heterocycles. The molecule has 0 amide bonds. The zero-order chi connectivity index (χ0) is 15.4. The zero-order valence-corrected chi connectivity index (χ0v) is 15.1. The van der Waals surface area contributed by atoms with Crippen molar-refractivity contribution in [2.24, 2.45) is 23.7 Å². The molecule has 0 N–H and O–H groups in total. The van der Waals surface area contributed by atoms with Crippen molar-refractivity contribution < 1.29 is 4.74 Å². The molecule has 0 radical (unpaired) electrons. The number of rotatable bonds is 13. The lowest BCUT2D eigenvalue weighted by atomic mass is 9.76. The molecule has 3 unspecified atom stereocenters. The van der Waals surface area contributed by atoms with Crippen LogP contribution in [0.3, 0.4) is 0 Å². The van der Waals surface area contributed by atoms with Crippen LogP contribution in [0.15, 0.2) is 0 Å². The third-order valence-corrected chi connectivity index (χ3v) is 5.18. The molecule has 4 atom stereocenters. The Morgan fingerprint density at radius 2 is 1.50 bits per heavy atom. The summed E-state index contributed by atoms with van der Waals surface area (Å²) < 4.78 is 5.50. The van der Waals surface area contributed by atoms with Crippen molar-refractivity contribution in [1.29, 1.82) is 0 Å². The summed E-state index contributed by atoms with van der Waals surface area (Å²) in [6, 6.07) is 0. The molecule has 0 rings (SSSR count). The maximum Gasteiger partial charge on any atom is 0.0493 e. The normalized spacial score (nSPS) is 17.7. The maximum absolute atomic E-state index is 5.50. The lowest BCUT2D eigenvalue weighted by molar-refractivity contribution is 0.0888. The van der Waals surface area contributed by atoms with Crippen LogP contribution in [-0.4, -0.2) is 13.7 Å². The van der Waals surface area contributed by atoms with Gasteiger partial charge in [-0.3, -0.25) is 0 Å². The molecule has 0 aliphatic heterocycles. The van der Waals surface area contributed by atoms with E-state index in [9.17, 15) is 0 Å². The van der Waals surface area contributed by atoms with E-state index < -0.39 is 0 Å². The molecule has 0 aliphatic carbocycles. The Hall–Kier alpha value is -0.0400. The highest BCUT2D eigenvalue weighted by atomic mass is 16.5. The molecule has 1 nitrogen and oxygen atoms in total. The minimum Gasteiger partial charge on any atom is -0.384 e. The average molecular weight is 285 g/mol. The standard InChI is InChI=1S/C19H40O/c1-7-10-12-19(15-20-6)17(5)18(11-8-2)14-13-16(4)9-3/h16-19H,7-15H2,1-6H3/t16-,17?,18?,19?/m1/s1. The Labute approximate surface area is 128 Å². The topological polar surface area (TPSA) is 9.23 Å². The SMILES string of the molecule is CCCCC(COC)C(C)C(CCC)CC[C@H](C)CC. The number of hydrogen-bond donors (Lipinski definition) is 0. The van der Waals surface area contributed by atoms with Gasteiger partial charge in [-0.05, 0) is 36.5 Å². The fourth-order valence-electron chi connectivity index (χ4n) is 3.31. The Morgan fingerprint density at radius 3 is 2.00 bits per heavy atom. The predicted molar refractivity (Wildman–Crippen MR) is 91.1 cm³/mol.